The van der Waals surface area contributed by atoms with Crippen molar-refractivity contribution in [2.24, 2.45) is 5.10 Å². The lowest BCUT2D eigenvalue weighted by atomic mass is 10.2. The number of nitro benzene ring substituents is 1. The summed E-state index contributed by atoms with van der Waals surface area (Å²) in [5.41, 5.74) is 2.57. The number of nitrogens with zero attached hydrogens (tertiary/aromatic N) is 3. The van der Waals surface area contributed by atoms with E-state index in [1.165, 1.54) is 25.5 Å². The number of hydrogen-bond donors (Lipinski definition) is 3. The fourth-order valence-corrected chi connectivity index (χ4v) is 2.50. The third kappa shape index (κ3) is 5.79. The second-order valence-corrected chi connectivity index (χ2v) is 5.84. The molecule has 0 aliphatic carbocycles. The SMILES string of the molecule is COc1cc(/C=N/NC(=S)NCCN2CCOCC2)cc([N+](=O)[O-])c1O. The van der Waals surface area contributed by atoms with Crippen LogP contribution in [-0.2, 0) is 4.74 Å². The maximum absolute atomic E-state index is 11.0. The van der Waals surface area contributed by atoms with Crippen molar-refractivity contribution in [1.82, 2.24) is 15.6 Å². The summed E-state index contributed by atoms with van der Waals surface area (Å²) in [7, 11) is 1.31. The molecule has 26 heavy (non-hydrogen) atoms. The predicted octanol–water partition coefficient (Wildman–Crippen LogP) is 0.439. The standard InChI is InChI=1S/C15H21N5O5S/c1-24-13-9-11(8-12(14(13)21)20(22)23)10-17-18-15(26)16-2-3-19-4-6-25-7-5-19/h8-10,21H,2-7H2,1H3,(H2,16,18,26)/b17-10+. The van der Waals surface area contributed by atoms with Crippen molar-refractivity contribution in [2.45, 2.75) is 0 Å². The van der Waals surface area contributed by atoms with E-state index in [9.17, 15) is 15.2 Å². The number of thiocarbonyl (C=S) groups is 1. The molecule has 1 aromatic carbocycles. The predicted molar refractivity (Wildman–Crippen MR) is 99.9 cm³/mol. The summed E-state index contributed by atoms with van der Waals surface area (Å²) in [5, 5.41) is 28.0. The first-order valence-corrected chi connectivity index (χ1v) is 8.34. The molecular formula is C15H21N5O5S. The van der Waals surface area contributed by atoms with Gasteiger partial charge in [-0.15, -0.1) is 0 Å². The smallest absolute Gasteiger partial charge is 0.315 e. The number of nitro groups is 1. The van der Waals surface area contributed by atoms with E-state index >= 15 is 0 Å². The Morgan fingerprint density at radius 1 is 1.54 bits per heavy atom. The third-order valence-corrected chi connectivity index (χ3v) is 3.93. The summed E-state index contributed by atoms with van der Waals surface area (Å²) < 4.78 is 10.2. The van der Waals surface area contributed by atoms with Gasteiger partial charge in [0, 0.05) is 37.8 Å². The van der Waals surface area contributed by atoms with Gasteiger partial charge >= 0.3 is 5.69 Å². The molecule has 1 aliphatic heterocycles. The molecule has 1 heterocycles. The fraction of sp³-hybridized carbons (Fsp3) is 0.467. The first-order chi connectivity index (χ1) is 12.5. The van der Waals surface area contributed by atoms with Gasteiger partial charge in [0.15, 0.2) is 10.9 Å². The number of benzene rings is 1. The van der Waals surface area contributed by atoms with Crippen LogP contribution in [-0.4, -0.2) is 72.8 Å². The molecule has 0 spiro atoms. The number of nitrogens with one attached hydrogen (secondary N) is 2. The largest absolute Gasteiger partial charge is 0.500 e. The average molecular weight is 383 g/mol. The van der Waals surface area contributed by atoms with E-state index in [0.29, 0.717) is 17.2 Å². The van der Waals surface area contributed by atoms with Crippen molar-refractivity contribution in [3.8, 4) is 11.5 Å². The van der Waals surface area contributed by atoms with Crippen molar-refractivity contribution < 1.29 is 19.5 Å². The molecule has 0 atom stereocenters. The number of ether oxygens (including phenoxy) is 2. The van der Waals surface area contributed by atoms with Gasteiger partial charge in [-0.05, 0) is 18.3 Å². The van der Waals surface area contributed by atoms with Crippen molar-refractivity contribution in [3.05, 3.63) is 27.8 Å². The zero-order valence-electron chi connectivity index (χ0n) is 14.3. The van der Waals surface area contributed by atoms with Crippen molar-refractivity contribution in [2.75, 3.05) is 46.5 Å². The lowest BCUT2D eigenvalue weighted by molar-refractivity contribution is -0.386. The Morgan fingerprint density at radius 2 is 2.27 bits per heavy atom. The lowest BCUT2D eigenvalue weighted by Gasteiger charge is -2.26. The number of rotatable bonds is 7. The van der Waals surface area contributed by atoms with Crippen LogP contribution in [0, 0.1) is 10.1 Å². The van der Waals surface area contributed by atoms with Gasteiger partial charge in [-0.3, -0.25) is 20.4 Å². The van der Waals surface area contributed by atoms with E-state index in [1.54, 1.807) is 0 Å². The van der Waals surface area contributed by atoms with Gasteiger partial charge in [-0.25, -0.2) is 0 Å². The summed E-state index contributed by atoms with van der Waals surface area (Å²) in [6, 6.07) is 2.63. The van der Waals surface area contributed by atoms with E-state index in [-0.39, 0.29) is 5.75 Å². The van der Waals surface area contributed by atoms with Crippen LogP contribution in [0.25, 0.3) is 0 Å². The van der Waals surface area contributed by atoms with Gasteiger partial charge in [0.1, 0.15) is 0 Å². The molecule has 0 radical (unpaired) electrons. The minimum atomic E-state index is -0.694. The van der Waals surface area contributed by atoms with Crippen LogP contribution in [0.15, 0.2) is 17.2 Å². The highest BCUT2D eigenvalue weighted by molar-refractivity contribution is 7.80. The second-order valence-electron chi connectivity index (χ2n) is 5.43. The third-order valence-electron chi connectivity index (χ3n) is 3.69. The van der Waals surface area contributed by atoms with Gasteiger partial charge in [0.25, 0.3) is 0 Å². The Bertz CT molecular complexity index is 679. The number of aromatic hydroxyl groups is 1. The van der Waals surface area contributed by atoms with Crippen molar-refractivity contribution >= 4 is 29.2 Å². The Morgan fingerprint density at radius 3 is 2.92 bits per heavy atom. The maximum atomic E-state index is 11.0. The number of phenols is 1. The Kier molecular flexibility index (Phi) is 7.51. The average Bonchev–Trinajstić information content (AvgIpc) is 2.63. The zero-order chi connectivity index (χ0) is 18.9. The molecule has 1 saturated heterocycles. The summed E-state index contributed by atoms with van der Waals surface area (Å²) in [6.45, 7) is 4.81. The monoisotopic (exact) mass is 383 g/mol. The first-order valence-electron chi connectivity index (χ1n) is 7.93. The maximum Gasteiger partial charge on any atom is 0.315 e. The van der Waals surface area contributed by atoms with Gasteiger partial charge in [0.05, 0.1) is 31.5 Å². The molecular weight excluding hydrogens is 362 g/mol. The van der Waals surface area contributed by atoms with Crippen molar-refractivity contribution in [1.29, 1.82) is 0 Å². The molecule has 3 N–H and O–H groups in total. The van der Waals surface area contributed by atoms with Crippen LogP contribution in [0.4, 0.5) is 5.69 Å². The highest BCUT2D eigenvalue weighted by Crippen LogP contribution is 2.36. The minimum absolute atomic E-state index is 0.00753. The number of methoxy groups -OCH3 is 1. The molecule has 11 heteroatoms. The van der Waals surface area contributed by atoms with E-state index in [2.05, 4.69) is 20.7 Å². The fourth-order valence-electron chi connectivity index (χ4n) is 2.34. The summed E-state index contributed by atoms with van der Waals surface area (Å²) in [6.07, 6.45) is 1.35. The van der Waals surface area contributed by atoms with Gasteiger partial charge < -0.3 is 19.9 Å². The van der Waals surface area contributed by atoms with Gasteiger partial charge in [-0.1, -0.05) is 0 Å². The lowest BCUT2D eigenvalue weighted by Crippen LogP contribution is -2.42. The van der Waals surface area contributed by atoms with E-state index in [1.807, 2.05) is 0 Å². The van der Waals surface area contributed by atoms with E-state index < -0.39 is 16.4 Å². The summed E-state index contributed by atoms with van der Waals surface area (Å²) in [4.78, 5) is 12.5. The molecule has 0 bridgehead atoms. The number of hydrazone groups is 1. The highest BCUT2D eigenvalue weighted by Gasteiger charge is 2.19. The minimum Gasteiger partial charge on any atom is -0.500 e. The second kappa shape index (κ2) is 9.85. The van der Waals surface area contributed by atoms with Gasteiger partial charge in [-0.2, -0.15) is 5.10 Å². The topological polar surface area (TPSA) is 121 Å². The normalized spacial score (nSPS) is 15.0. The van der Waals surface area contributed by atoms with Crippen LogP contribution in [0.5, 0.6) is 11.5 Å². The van der Waals surface area contributed by atoms with E-state index in [0.717, 1.165) is 32.8 Å². The molecule has 0 aromatic heterocycles. The molecule has 0 amide bonds. The van der Waals surface area contributed by atoms with Crippen LogP contribution in [0.2, 0.25) is 0 Å². The molecule has 0 unspecified atom stereocenters. The molecule has 1 fully saturated rings. The Balaban J connectivity index is 1.84. The zero-order valence-corrected chi connectivity index (χ0v) is 15.1. The van der Waals surface area contributed by atoms with Crippen LogP contribution >= 0.6 is 12.2 Å². The molecule has 2 rings (SSSR count). The molecule has 142 valence electrons. The number of phenolic OH excluding ortho intramolecular Hbond substituents is 1. The quantitative estimate of drug-likeness (QED) is 0.266. The molecule has 1 aromatic rings. The molecule has 10 nitrogen and oxygen atoms in total. The number of hydrogen-bond acceptors (Lipinski definition) is 8. The number of morpholine rings is 1. The van der Waals surface area contributed by atoms with Crippen LogP contribution < -0.4 is 15.5 Å². The Hall–Kier alpha value is -2.50. The first kappa shape index (κ1) is 19.8. The molecule has 0 saturated carbocycles. The van der Waals surface area contributed by atoms with Crippen molar-refractivity contribution in [3.63, 3.8) is 0 Å². The summed E-state index contributed by atoms with van der Waals surface area (Å²) >= 11 is 5.12. The van der Waals surface area contributed by atoms with Crippen LogP contribution in [0.1, 0.15) is 5.56 Å². The van der Waals surface area contributed by atoms with E-state index in [4.69, 9.17) is 21.7 Å². The highest BCUT2D eigenvalue weighted by atomic mass is 32.1. The summed E-state index contributed by atoms with van der Waals surface area (Å²) in [5.74, 6) is -0.533. The van der Waals surface area contributed by atoms with Crippen LogP contribution in [0.3, 0.4) is 0 Å². The Labute approximate surface area is 155 Å². The molecule has 1 aliphatic rings. The van der Waals surface area contributed by atoms with Gasteiger partial charge in [0.2, 0.25) is 5.75 Å².